The second-order valence-corrected chi connectivity index (χ2v) is 8.59. The van der Waals surface area contributed by atoms with E-state index in [4.69, 9.17) is 4.74 Å². The molecule has 3 rings (SSSR count). The molecular formula is C24H27N3O5S. The maximum atomic E-state index is 12.4. The number of ether oxygens (including phenoxy) is 1. The van der Waals surface area contributed by atoms with Crippen LogP contribution >= 0.6 is 11.3 Å². The summed E-state index contributed by atoms with van der Waals surface area (Å²) in [4.78, 5) is 28.5. The molecule has 0 saturated heterocycles. The van der Waals surface area contributed by atoms with Gasteiger partial charge >= 0.3 is 12.2 Å². The molecule has 3 aromatic rings. The summed E-state index contributed by atoms with van der Waals surface area (Å²) >= 11 is 1.38. The molecule has 0 spiro atoms. The van der Waals surface area contributed by atoms with Crippen molar-refractivity contribution in [3.63, 3.8) is 0 Å². The molecule has 174 valence electrons. The number of hydrogen-bond donors (Lipinski definition) is 4. The number of amides is 2. The highest BCUT2D eigenvalue weighted by molar-refractivity contribution is 7.09. The zero-order valence-electron chi connectivity index (χ0n) is 18.0. The van der Waals surface area contributed by atoms with Crippen molar-refractivity contribution >= 4 is 23.5 Å². The molecule has 0 radical (unpaired) electrons. The van der Waals surface area contributed by atoms with Crippen LogP contribution in [0.15, 0.2) is 72.4 Å². The van der Waals surface area contributed by atoms with Crippen molar-refractivity contribution in [1.29, 1.82) is 0 Å². The third kappa shape index (κ3) is 8.55. The number of carbonyl (C=O) groups is 2. The molecule has 2 aromatic carbocycles. The number of aromatic nitrogens is 1. The Balaban J connectivity index is 1.67. The highest BCUT2D eigenvalue weighted by Crippen LogP contribution is 2.15. The summed E-state index contributed by atoms with van der Waals surface area (Å²) in [5.41, 5.74) is 3.52. The van der Waals surface area contributed by atoms with Crippen molar-refractivity contribution in [2.24, 2.45) is 0 Å². The van der Waals surface area contributed by atoms with Crippen molar-refractivity contribution < 1.29 is 24.5 Å². The van der Waals surface area contributed by atoms with Crippen LogP contribution in [-0.4, -0.2) is 45.6 Å². The number of aliphatic hydroxyl groups excluding tert-OH is 1. The third-order valence-electron chi connectivity index (χ3n) is 5.07. The molecule has 0 saturated carbocycles. The van der Waals surface area contributed by atoms with Crippen molar-refractivity contribution in [1.82, 2.24) is 15.6 Å². The molecule has 0 bridgehead atoms. The lowest BCUT2D eigenvalue weighted by Crippen LogP contribution is -2.48. The lowest BCUT2D eigenvalue weighted by Gasteiger charge is -2.27. The topological polar surface area (TPSA) is 121 Å². The largest absolute Gasteiger partial charge is 0.465 e. The van der Waals surface area contributed by atoms with Crippen LogP contribution in [0.4, 0.5) is 9.59 Å². The van der Waals surface area contributed by atoms with Crippen LogP contribution in [0.5, 0.6) is 0 Å². The van der Waals surface area contributed by atoms with E-state index in [-0.39, 0.29) is 13.0 Å². The van der Waals surface area contributed by atoms with E-state index < -0.39 is 30.4 Å². The standard InChI is InChI=1S/C24H27N3O5S/c28-22(13-19(26-23(29)30)11-17-7-3-1-4-8-17)21(12-18-9-5-2-6-10-18)27-24(31)32-15-20-14-25-16-33-20/h1-10,14,16,19,21-22,26,28H,11-13,15H2,(H,27,31)(H,29,30)/t19-,21-,22+/m0/s1. The molecule has 0 aliphatic heterocycles. The minimum Gasteiger partial charge on any atom is -0.465 e. The predicted octanol–water partition coefficient (Wildman–Crippen LogP) is 3.61. The fourth-order valence-electron chi connectivity index (χ4n) is 3.52. The second-order valence-electron chi connectivity index (χ2n) is 7.62. The summed E-state index contributed by atoms with van der Waals surface area (Å²) in [5, 5.41) is 25.5. The van der Waals surface area contributed by atoms with Crippen LogP contribution in [0.25, 0.3) is 0 Å². The van der Waals surface area contributed by atoms with Gasteiger partial charge in [-0.1, -0.05) is 60.7 Å². The molecule has 0 aliphatic rings. The Morgan fingerprint density at radius 1 is 0.970 bits per heavy atom. The number of nitrogens with one attached hydrogen (secondary N) is 2. The first-order valence-corrected chi connectivity index (χ1v) is 11.4. The van der Waals surface area contributed by atoms with Gasteiger partial charge in [0.05, 0.1) is 22.5 Å². The number of hydrogen-bond acceptors (Lipinski definition) is 6. The Kier molecular flexibility index (Phi) is 9.22. The summed E-state index contributed by atoms with van der Waals surface area (Å²) in [5.74, 6) is 0. The number of carbonyl (C=O) groups excluding carboxylic acids is 1. The normalized spacial score (nSPS) is 13.5. The van der Waals surface area contributed by atoms with E-state index in [2.05, 4.69) is 15.6 Å². The van der Waals surface area contributed by atoms with Crippen LogP contribution in [0.2, 0.25) is 0 Å². The Bertz CT molecular complexity index is 986. The monoisotopic (exact) mass is 469 g/mol. The van der Waals surface area contributed by atoms with E-state index in [1.807, 2.05) is 60.7 Å². The van der Waals surface area contributed by atoms with E-state index in [0.29, 0.717) is 12.8 Å². The van der Waals surface area contributed by atoms with Gasteiger partial charge in [-0.2, -0.15) is 0 Å². The SMILES string of the molecule is O=C(O)N[C@@H](Cc1ccccc1)C[C@@H](O)[C@H](Cc1ccccc1)NC(=O)OCc1cncs1. The average molecular weight is 470 g/mol. The summed E-state index contributed by atoms with van der Waals surface area (Å²) in [6.45, 7) is 0.0852. The van der Waals surface area contributed by atoms with E-state index in [9.17, 15) is 19.8 Å². The lowest BCUT2D eigenvalue weighted by molar-refractivity contribution is 0.0890. The average Bonchev–Trinajstić information content (AvgIpc) is 3.32. The second kappa shape index (κ2) is 12.6. The molecule has 1 heterocycles. The van der Waals surface area contributed by atoms with Gasteiger partial charge in [0.15, 0.2) is 0 Å². The lowest BCUT2D eigenvalue weighted by atomic mass is 9.94. The molecule has 1 aromatic heterocycles. The first-order chi connectivity index (χ1) is 16.0. The predicted molar refractivity (Wildman–Crippen MR) is 125 cm³/mol. The Hall–Kier alpha value is -3.43. The van der Waals surface area contributed by atoms with E-state index in [1.54, 1.807) is 11.7 Å². The number of nitrogens with zero attached hydrogens (tertiary/aromatic N) is 1. The summed E-state index contributed by atoms with van der Waals surface area (Å²) in [7, 11) is 0. The molecule has 0 aliphatic carbocycles. The van der Waals surface area contributed by atoms with Gasteiger partial charge in [0.2, 0.25) is 0 Å². The fourth-order valence-corrected chi connectivity index (χ4v) is 4.02. The zero-order chi connectivity index (χ0) is 23.5. The quantitative estimate of drug-likeness (QED) is 0.340. The van der Waals surface area contributed by atoms with Crippen LogP contribution in [0.3, 0.4) is 0 Å². The van der Waals surface area contributed by atoms with Crippen LogP contribution < -0.4 is 10.6 Å². The Labute approximate surface area is 196 Å². The van der Waals surface area contributed by atoms with Crippen molar-refractivity contribution in [3.8, 4) is 0 Å². The van der Waals surface area contributed by atoms with Gasteiger partial charge in [-0.15, -0.1) is 11.3 Å². The molecule has 0 fully saturated rings. The van der Waals surface area contributed by atoms with Gasteiger partial charge in [0, 0.05) is 12.2 Å². The zero-order valence-corrected chi connectivity index (χ0v) is 18.8. The smallest absolute Gasteiger partial charge is 0.407 e. The molecular weight excluding hydrogens is 442 g/mol. The maximum absolute atomic E-state index is 12.4. The number of rotatable bonds is 11. The van der Waals surface area contributed by atoms with E-state index in [1.165, 1.54) is 11.3 Å². The van der Waals surface area contributed by atoms with Crippen molar-refractivity contribution in [3.05, 3.63) is 88.4 Å². The number of carboxylic acid groups (broad SMARTS) is 1. The molecule has 2 amide bonds. The van der Waals surface area contributed by atoms with Gasteiger partial charge in [-0.05, 0) is 30.4 Å². The van der Waals surface area contributed by atoms with Crippen molar-refractivity contribution in [2.45, 2.75) is 44.1 Å². The van der Waals surface area contributed by atoms with Gasteiger partial charge in [-0.3, -0.25) is 4.98 Å². The Morgan fingerprint density at radius 3 is 2.18 bits per heavy atom. The number of alkyl carbamates (subject to hydrolysis) is 1. The summed E-state index contributed by atoms with van der Waals surface area (Å²) in [6, 6.07) is 17.7. The first-order valence-electron chi connectivity index (χ1n) is 10.6. The van der Waals surface area contributed by atoms with Gasteiger partial charge < -0.3 is 25.6 Å². The molecule has 33 heavy (non-hydrogen) atoms. The summed E-state index contributed by atoms with van der Waals surface area (Å²) in [6.07, 6.45) is -0.315. The van der Waals surface area contributed by atoms with Crippen LogP contribution in [0, 0.1) is 0 Å². The van der Waals surface area contributed by atoms with Crippen LogP contribution in [-0.2, 0) is 24.2 Å². The van der Waals surface area contributed by atoms with Crippen LogP contribution in [0.1, 0.15) is 22.4 Å². The first kappa shape index (κ1) is 24.2. The molecule has 4 N–H and O–H groups in total. The van der Waals surface area contributed by atoms with Gasteiger partial charge in [0.25, 0.3) is 0 Å². The highest BCUT2D eigenvalue weighted by atomic mass is 32.1. The van der Waals surface area contributed by atoms with Crippen molar-refractivity contribution in [2.75, 3.05) is 0 Å². The molecule has 0 unspecified atom stereocenters. The minimum atomic E-state index is -1.17. The maximum Gasteiger partial charge on any atom is 0.407 e. The molecule has 8 nitrogen and oxygen atoms in total. The highest BCUT2D eigenvalue weighted by Gasteiger charge is 2.26. The number of aliphatic hydroxyl groups is 1. The third-order valence-corrected chi connectivity index (χ3v) is 5.83. The molecule has 3 atom stereocenters. The summed E-state index contributed by atoms with van der Waals surface area (Å²) < 4.78 is 5.27. The van der Waals surface area contributed by atoms with Gasteiger partial charge in [-0.25, -0.2) is 9.59 Å². The van der Waals surface area contributed by atoms with Gasteiger partial charge in [0.1, 0.15) is 6.61 Å². The number of benzene rings is 2. The number of thiazole rings is 1. The molecule has 9 heteroatoms. The fraction of sp³-hybridized carbons (Fsp3) is 0.292. The van der Waals surface area contributed by atoms with E-state index >= 15 is 0 Å². The Morgan fingerprint density at radius 2 is 1.61 bits per heavy atom. The minimum absolute atomic E-state index is 0.0852. The van der Waals surface area contributed by atoms with E-state index in [0.717, 1.165) is 16.0 Å².